The maximum absolute atomic E-state index is 11.7. The Hall–Kier alpha value is -1.56. The molecule has 20 heavy (non-hydrogen) atoms. The Morgan fingerprint density at radius 1 is 1.45 bits per heavy atom. The van der Waals surface area contributed by atoms with E-state index in [4.69, 9.17) is 4.74 Å². The van der Waals surface area contributed by atoms with E-state index < -0.39 is 35.7 Å². The molecule has 1 amide bonds. The van der Waals surface area contributed by atoms with Gasteiger partial charge in [-0.3, -0.25) is 4.79 Å². The Morgan fingerprint density at radius 3 is 2.50 bits per heavy atom. The summed E-state index contributed by atoms with van der Waals surface area (Å²) < 4.78 is 9.81. The molecule has 1 aliphatic carbocycles. The van der Waals surface area contributed by atoms with Crippen molar-refractivity contribution in [1.82, 2.24) is 5.32 Å². The zero-order valence-corrected chi connectivity index (χ0v) is 12.4. The Labute approximate surface area is 119 Å². The quantitative estimate of drug-likeness (QED) is 0.586. The molecule has 0 bridgehead atoms. The molecule has 6 heteroatoms. The molecule has 0 spiro atoms. The second-order valence-electron chi connectivity index (χ2n) is 5.89. The van der Waals surface area contributed by atoms with Gasteiger partial charge in [-0.2, -0.15) is 0 Å². The van der Waals surface area contributed by atoms with Crippen LogP contribution in [-0.2, 0) is 14.3 Å². The lowest BCUT2D eigenvalue weighted by Gasteiger charge is -2.20. The van der Waals surface area contributed by atoms with Crippen LogP contribution in [0.5, 0.6) is 0 Å². The van der Waals surface area contributed by atoms with E-state index in [0.717, 1.165) is 0 Å². The first-order valence-corrected chi connectivity index (χ1v) is 6.57. The van der Waals surface area contributed by atoms with Crippen LogP contribution in [0.15, 0.2) is 12.7 Å². The van der Waals surface area contributed by atoms with E-state index in [-0.39, 0.29) is 5.92 Å². The highest BCUT2D eigenvalue weighted by molar-refractivity contribution is 5.80. The first kappa shape index (κ1) is 16.5. The topological polar surface area (TPSA) is 84.9 Å². The third-order valence-electron chi connectivity index (χ3n) is 3.08. The summed E-state index contributed by atoms with van der Waals surface area (Å²) in [6.07, 6.45) is 0.577. The average Bonchev–Trinajstić information content (AvgIpc) is 2.99. The number of hydrogen-bond donors (Lipinski definition) is 2. The minimum absolute atomic E-state index is 0.352. The summed E-state index contributed by atoms with van der Waals surface area (Å²) in [4.78, 5) is 23.3. The Kier molecular flexibility index (Phi) is 5.16. The molecule has 1 rings (SSSR count). The summed E-state index contributed by atoms with van der Waals surface area (Å²) in [5.74, 6) is -1.35. The van der Waals surface area contributed by atoms with Gasteiger partial charge in [-0.05, 0) is 27.2 Å². The van der Waals surface area contributed by atoms with Gasteiger partial charge in [0.15, 0.2) is 0 Å². The molecule has 0 unspecified atom stereocenters. The van der Waals surface area contributed by atoms with Crippen LogP contribution in [0.25, 0.3) is 0 Å². The highest BCUT2D eigenvalue weighted by atomic mass is 16.6. The third kappa shape index (κ3) is 4.23. The van der Waals surface area contributed by atoms with Gasteiger partial charge in [0, 0.05) is 5.92 Å². The predicted octanol–water partition coefficient (Wildman–Crippen LogP) is 1.24. The van der Waals surface area contributed by atoms with E-state index in [1.807, 2.05) is 0 Å². The second kappa shape index (κ2) is 6.26. The predicted molar refractivity (Wildman–Crippen MR) is 73.0 cm³/mol. The lowest BCUT2D eigenvalue weighted by Crippen LogP contribution is -2.35. The highest BCUT2D eigenvalue weighted by Gasteiger charge is 2.59. The van der Waals surface area contributed by atoms with E-state index in [9.17, 15) is 14.7 Å². The van der Waals surface area contributed by atoms with Gasteiger partial charge in [0.1, 0.15) is 5.60 Å². The summed E-state index contributed by atoms with van der Waals surface area (Å²) in [7, 11) is 1.28. The number of methoxy groups -OCH3 is 1. The molecule has 0 radical (unpaired) electrons. The van der Waals surface area contributed by atoms with E-state index in [1.54, 1.807) is 26.8 Å². The zero-order valence-electron chi connectivity index (χ0n) is 12.4. The smallest absolute Gasteiger partial charge is 0.407 e. The van der Waals surface area contributed by atoms with Crippen molar-refractivity contribution in [3.63, 3.8) is 0 Å². The number of aliphatic hydroxyl groups excluding tert-OH is 1. The molecule has 1 saturated carbocycles. The minimum Gasteiger partial charge on any atom is -0.469 e. The lowest BCUT2D eigenvalue weighted by molar-refractivity contribution is -0.143. The van der Waals surface area contributed by atoms with Crippen LogP contribution in [0.2, 0.25) is 0 Å². The number of hydrogen-bond acceptors (Lipinski definition) is 5. The Bertz CT molecular complexity index is 388. The van der Waals surface area contributed by atoms with E-state index >= 15 is 0 Å². The second-order valence-corrected chi connectivity index (χ2v) is 5.89. The number of alkyl carbamates (subject to hydrolysis) is 1. The SMILES string of the molecule is C=CC[C@@H](O)[C@H]1[C@@H](NC(=O)OC(C)(C)C)[C@@H]1C(=O)OC. The fraction of sp³-hybridized carbons (Fsp3) is 0.714. The van der Waals surface area contributed by atoms with Crippen molar-refractivity contribution in [2.24, 2.45) is 11.8 Å². The lowest BCUT2D eigenvalue weighted by atomic mass is 10.1. The number of aliphatic hydroxyl groups is 1. The van der Waals surface area contributed by atoms with Gasteiger partial charge < -0.3 is 19.9 Å². The molecule has 1 aliphatic rings. The number of rotatable bonds is 5. The van der Waals surface area contributed by atoms with Crippen molar-refractivity contribution in [1.29, 1.82) is 0 Å². The third-order valence-corrected chi connectivity index (χ3v) is 3.08. The van der Waals surface area contributed by atoms with Crippen LogP contribution >= 0.6 is 0 Å². The van der Waals surface area contributed by atoms with Crippen LogP contribution in [0.3, 0.4) is 0 Å². The van der Waals surface area contributed by atoms with Gasteiger partial charge in [-0.15, -0.1) is 6.58 Å². The van der Waals surface area contributed by atoms with Gasteiger partial charge in [0.05, 0.1) is 25.2 Å². The summed E-state index contributed by atoms with van der Waals surface area (Å²) in [6, 6.07) is -0.466. The fourth-order valence-electron chi connectivity index (χ4n) is 2.21. The van der Waals surface area contributed by atoms with Crippen molar-refractivity contribution in [3.8, 4) is 0 Å². The van der Waals surface area contributed by atoms with Crippen LogP contribution in [0, 0.1) is 11.8 Å². The Morgan fingerprint density at radius 2 is 2.05 bits per heavy atom. The average molecular weight is 285 g/mol. The molecule has 2 N–H and O–H groups in total. The van der Waals surface area contributed by atoms with Crippen molar-refractivity contribution in [3.05, 3.63) is 12.7 Å². The van der Waals surface area contributed by atoms with E-state index in [1.165, 1.54) is 7.11 Å². The van der Waals surface area contributed by atoms with Gasteiger partial charge in [0.25, 0.3) is 0 Å². The fourth-order valence-corrected chi connectivity index (χ4v) is 2.21. The van der Waals surface area contributed by atoms with Crippen molar-refractivity contribution in [2.75, 3.05) is 7.11 Å². The number of amides is 1. The molecule has 0 heterocycles. The molecule has 0 aromatic heterocycles. The normalized spacial score (nSPS) is 26.4. The maximum atomic E-state index is 11.7. The highest BCUT2D eigenvalue weighted by Crippen LogP contribution is 2.43. The summed E-state index contributed by atoms with van der Waals surface area (Å²) >= 11 is 0. The van der Waals surface area contributed by atoms with Crippen molar-refractivity contribution < 1.29 is 24.2 Å². The summed E-state index contributed by atoms with van der Waals surface area (Å²) in [5.41, 5.74) is -0.616. The van der Waals surface area contributed by atoms with Crippen LogP contribution in [0.4, 0.5) is 4.79 Å². The van der Waals surface area contributed by atoms with Gasteiger partial charge in [0.2, 0.25) is 0 Å². The molecular formula is C14H23NO5. The standard InChI is InChI=1S/C14H23NO5/c1-6-7-8(16)9-10(12(17)19-5)11(9)15-13(18)20-14(2,3)4/h6,8-11,16H,1,7H2,2-5H3,(H,15,18)/t8-,9-,10-,11-/m1/s1. The van der Waals surface area contributed by atoms with Gasteiger partial charge in [-0.25, -0.2) is 4.79 Å². The monoisotopic (exact) mass is 285 g/mol. The molecule has 0 aliphatic heterocycles. The number of ether oxygens (including phenoxy) is 2. The zero-order chi connectivity index (χ0) is 15.5. The number of nitrogens with one attached hydrogen (secondary N) is 1. The van der Waals surface area contributed by atoms with Crippen LogP contribution < -0.4 is 5.32 Å². The largest absolute Gasteiger partial charge is 0.469 e. The summed E-state index contributed by atoms with van der Waals surface area (Å²) in [6.45, 7) is 8.80. The minimum atomic E-state index is -0.739. The molecular weight excluding hydrogens is 262 g/mol. The molecule has 6 nitrogen and oxygen atoms in total. The molecule has 0 saturated heterocycles. The van der Waals surface area contributed by atoms with Crippen LogP contribution in [-0.4, -0.2) is 42.0 Å². The van der Waals surface area contributed by atoms with Gasteiger partial charge >= 0.3 is 12.1 Å². The molecule has 0 aromatic carbocycles. The molecule has 1 fully saturated rings. The van der Waals surface area contributed by atoms with E-state index in [2.05, 4.69) is 16.6 Å². The number of carbonyl (C=O) groups is 2. The van der Waals surface area contributed by atoms with Crippen LogP contribution in [0.1, 0.15) is 27.2 Å². The first-order valence-electron chi connectivity index (χ1n) is 6.57. The van der Waals surface area contributed by atoms with Crippen molar-refractivity contribution >= 4 is 12.1 Å². The first-order chi connectivity index (χ1) is 9.21. The Balaban J connectivity index is 2.64. The summed E-state index contributed by atoms with van der Waals surface area (Å²) in [5, 5.41) is 12.6. The van der Waals surface area contributed by atoms with E-state index in [0.29, 0.717) is 6.42 Å². The molecule has 114 valence electrons. The number of esters is 1. The number of carbonyl (C=O) groups excluding carboxylic acids is 2. The van der Waals surface area contributed by atoms with Gasteiger partial charge in [-0.1, -0.05) is 6.08 Å². The maximum Gasteiger partial charge on any atom is 0.407 e. The van der Waals surface area contributed by atoms with Crippen molar-refractivity contribution in [2.45, 2.75) is 44.9 Å². The molecule has 0 aromatic rings. The molecule has 4 atom stereocenters.